The van der Waals surface area contributed by atoms with Crippen molar-refractivity contribution in [2.75, 3.05) is 37.7 Å². The summed E-state index contributed by atoms with van der Waals surface area (Å²) in [5, 5.41) is 12.6. The van der Waals surface area contributed by atoms with Crippen molar-refractivity contribution in [3.63, 3.8) is 0 Å². The number of hydrogen-bond donors (Lipinski definition) is 4. The van der Waals surface area contributed by atoms with Crippen LogP contribution < -0.4 is 26.9 Å². The number of aromatic nitrogens is 1. The van der Waals surface area contributed by atoms with Gasteiger partial charge in [0.1, 0.15) is 17.4 Å². The van der Waals surface area contributed by atoms with E-state index in [1.807, 2.05) is 9.47 Å². The molecule has 1 aromatic carbocycles. The maximum atomic E-state index is 14.6. The van der Waals surface area contributed by atoms with Gasteiger partial charge >= 0.3 is 5.97 Å². The highest BCUT2D eigenvalue weighted by Gasteiger charge is 2.28. The summed E-state index contributed by atoms with van der Waals surface area (Å²) in [6, 6.07) is 2.62. The van der Waals surface area contributed by atoms with Crippen LogP contribution >= 0.6 is 0 Å². The number of carbonyl (C=O) groups excluding carboxylic acids is 1. The number of benzene rings is 1. The molecule has 5 N–H and O–H groups in total. The predicted molar refractivity (Wildman–Crippen MR) is 111 cm³/mol. The molecule has 1 saturated carbocycles. The van der Waals surface area contributed by atoms with E-state index in [9.17, 15) is 23.9 Å². The van der Waals surface area contributed by atoms with Crippen LogP contribution in [0.15, 0.2) is 23.1 Å². The van der Waals surface area contributed by atoms with E-state index < -0.39 is 23.3 Å². The molecule has 166 valence electrons. The van der Waals surface area contributed by atoms with Gasteiger partial charge in [-0.05, 0) is 25.0 Å². The number of nitrogens with zero attached hydrogens (tertiary/aromatic N) is 2. The molecule has 31 heavy (non-hydrogen) atoms. The molecule has 3 aliphatic rings. The van der Waals surface area contributed by atoms with Gasteiger partial charge in [0.15, 0.2) is 0 Å². The van der Waals surface area contributed by atoms with Crippen LogP contribution in [0.1, 0.15) is 29.2 Å². The number of anilines is 1. The van der Waals surface area contributed by atoms with Crippen LogP contribution in [-0.2, 0) is 9.63 Å². The second-order valence-corrected chi connectivity index (χ2v) is 7.76. The zero-order chi connectivity index (χ0) is 22.1. The Kier molecular flexibility index (Phi) is 5.90. The lowest BCUT2D eigenvalue weighted by atomic mass is 10.1. The fourth-order valence-corrected chi connectivity index (χ4v) is 3.67. The molecule has 10 nitrogen and oxygen atoms in total. The van der Waals surface area contributed by atoms with E-state index in [-0.39, 0.29) is 22.9 Å². The molecule has 0 unspecified atom stereocenters. The number of hydroxylamine groups is 1. The fraction of sp³-hybridized carbons (Fsp3) is 0.450. The second-order valence-electron chi connectivity index (χ2n) is 7.76. The maximum Gasteiger partial charge on any atom is 0.341 e. The minimum absolute atomic E-state index is 0.137. The normalized spacial score (nSPS) is 20.9. The number of pyridine rings is 1. The van der Waals surface area contributed by atoms with Crippen LogP contribution in [0.25, 0.3) is 10.9 Å². The topological polar surface area (TPSA) is 139 Å². The first-order valence-electron chi connectivity index (χ1n) is 10.1. The molecule has 3 heterocycles. The van der Waals surface area contributed by atoms with Crippen LogP contribution in [0.4, 0.5) is 10.1 Å². The number of fused-ring (bicyclic) bond motifs is 1. The van der Waals surface area contributed by atoms with Crippen molar-refractivity contribution >= 4 is 28.5 Å². The number of halogens is 1. The number of hydrogen-bond acceptors (Lipinski definition) is 7. The minimum Gasteiger partial charge on any atom is -0.477 e. The molecule has 1 aromatic heterocycles. The maximum absolute atomic E-state index is 14.6. The zero-order valence-electron chi connectivity index (χ0n) is 16.8. The predicted octanol–water partition coefficient (Wildman–Crippen LogP) is -0.0416. The van der Waals surface area contributed by atoms with Crippen molar-refractivity contribution < 1.29 is 23.9 Å². The quantitative estimate of drug-likeness (QED) is 0.529. The standard InChI is InChI=1S/C17H18FN3O3.C3H6N2O2/c18-13-7-11-14(8-15(13)20-5-3-19-4-6-20)21(10-1-2-10)9-12(16(11)22)17(23)24;4-2-1-7-5-3(2)6/h7-10,19H,1-6H2,(H,23,24);2H,1,4H2,(H,5,6)/t;2-/m.0/s1. The number of carboxylic acid groups (broad SMARTS) is 1. The van der Waals surface area contributed by atoms with Gasteiger partial charge in [0.2, 0.25) is 5.43 Å². The van der Waals surface area contributed by atoms with Crippen molar-refractivity contribution in [2.24, 2.45) is 5.73 Å². The van der Waals surface area contributed by atoms with Crippen LogP contribution in [0.5, 0.6) is 0 Å². The molecule has 2 aliphatic heterocycles. The molecule has 11 heteroatoms. The van der Waals surface area contributed by atoms with Crippen molar-refractivity contribution in [1.29, 1.82) is 0 Å². The van der Waals surface area contributed by atoms with E-state index >= 15 is 0 Å². The van der Waals surface area contributed by atoms with E-state index in [4.69, 9.17) is 5.73 Å². The number of aromatic carboxylic acids is 1. The third kappa shape index (κ3) is 4.38. The summed E-state index contributed by atoms with van der Waals surface area (Å²) in [6.07, 6.45) is 3.29. The van der Waals surface area contributed by atoms with Gasteiger partial charge in [-0.1, -0.05) is 0 Å². The highest BCUT2D eigenvalue weighted by Crippen LogP contribution is 2.38. The zero-order valence-corrected chi connectivity index (χ0v) is 16.8. The van der Waals surface area contributed by atoms with E-state index in [1.165, 1.54) is 12.3 Å². The molecule has 1 amide bonds. The number of nitrogens with one attached hydrogen (secondary N) is 2. The summed E-state index contributed by atoms with van der Waals surface area (Å²) < 4.78 is 16.4. The highest BCUT2D eigenvalue weighted by atomic mass is 19.1. The van der Waals surface area contributed by atoms with Crippen molar-refractivity contribution in [3.8, 4) is 0 Å². The van der Waals surface area contributed by atoms with Gasteiger partial charge in [0.25, 0.3) is 5.91 Å². The molecule has 1 aliphatic carbocycles. The number of carbonyl (C=O) groups is 2. The van der Waals surface area contributed by atoms with E-state index in [1.54, 1.807) is 6.07 Å². The first kappa shape index (κ1) is 21.2. The van der Waals surface area contributed by atoms with Crippen LogP contribution in [0.3, 0.4) is 0 Å². The molecule has 5 rings (SSSR count). The largest absolute Gasteiger partial charge is 0.477 e. The molecular formula is C20H24FN5O5. The van der Waals surface area contributed by atoms with Gasteiger partial charge < -0.3 is 25.6 Å². The van der Waals surface area contributed by atoms with Gasteiger partial charge in [0, 0.05) is 43.8 Å². The number of carboxylic acids is 1. The molecular weight excluding hydrogens is 409 g/mol. The number of piperazine rings is 1. The smallest absolute Gasteiger partial charge is 0.341 e. The average molecular weight is 433 g/mol. The Bertz CT molecular complexity index is 1080. The Labute approximate surface area is 176 Å². The number of nitrogens with two attached hydrogens (primary N) is 1. The summed E-state index contributed by atoms with van der Waals surface area (Å²) in [6.45, 7) is 3.25. The first-order chi connectivity index (χ1) is 14.9. The average Bonchev–Trinajstić information content (AvgIpc) is 3.53. The van der Waals surface area contributed by atoms with Crippen LogP contribution in [-0.4, -0.2) is 60.4 Å². The van der Waals surface area contributed by atoms with Gasteiger partial charge in [0.05, 0.1) is 17.8 Å². The Balaban J connectivity index is 0.000000282. The van der Waals surface area contributed by atoms with Crippen molar-refractivity contribution in [3.05, 3.63) is 39.9 Å². The third-order valence-electron chi connectivity index (χ3n) is 5.50. The number of amides is 1. The molecule has 0 radical (unpaired) electrons. The summed E-state index contributed by atoms with van der Waals surface area (Å²) in [7, 11) is 0. The second kappa shape index (κ2) is 8.61. The Morgan fingerprint density at radius 2 is 1.94 bits per heavy atom. The lowest BCUT2D eigenvalue weighted by Gasteiger charge is -2.30. The molecule has 2 saturated heterocycles. The van der Waals surface area contributed by atoms with E-state index in [0.29, 0.717) is 30.9 Å². The van der Waals surface area contributed by atoms with Crippen molar-refractivity contribution in [1.82, 2.24) is 15.4 Å². The Morgan fingerprint density at radius 1 is 1.23 bits per heavy atom. The van der Waals surface area contributed by atoms with Gasteiger partial charge in [-0.3, -0.25) is 14.4 Å². The van der Waals surface area contributed by atoms with Gasteiger partial charge in [-0.2, -0.15) is 0 Å². The summed E-state index contributed by atoms with van der Waals surface area (Å²) >= 11 is 0. The monoisotopic (exact) mass is 433 g/mol. The lowest BCUT2D eigenvalue weighted by Crippen LogP contribution is -2.43. The molecule has 3 fully saturated rings. The van der Waals surface area contributed by atoms with Gasteiger partial charge in [-0.15, -0.1) is 0 Å². The van der Waals surface area contributed by atoms with Gasteiger partial charge in [-0.25, -0.2) is 14.7 Å². The summed E-state index contributed by atoms with van der Waals surface area (Å²) in [5.41, 5.74) is 7.41. The molecule has 0 bridgehead atoms. The highest BCUT2D eigenvalue weighted by molar-refractivity contribution is 5.93. The summed E-state index contributed by atoms with van der Waals surface area (Å²) in [5.74, 6) is -1.99. The van der Waals surface area contributed by atoms with Crippen LogP contribution in [0, 0.1) is 5.82 Å². The molecule has 1 atom stereocenters. The minimum atomic E-state index is -1.28. The van der Waals surface area contributed by atoms with Crippen molar-refractivity contribution in [2.45, 2.75) is 24.9 Å². The molecule has 0 spiro atoms. The third-order valence-corrected chi connectivity index (χ3v) is 5.50. The SMILES string of the molecule is N[C@H]1CONC1=O.O=C(O)c1cn(C2CC2)c2cc(N3CCNCC3)c(F)cc2c1=O. The van der Waals surface area contributed by atoms with E-state index in [0.717, 1.165) is 25.9 Å². The first-order valence-corrected chi connectivity index (χ1v) is 10.1. The van der Waals surface area contributed by atoms with E-state index in [2.05, 4.69) is 15.6 Å². The van der Waals surface area contributed by atoms with Crippen LogP contribution in [0.2, 0.25) is 0 Å². The molecule has 2 aromatic rings. The number of rotatable bonds is 3. The fourth-order valence-electron chi connectivity index (χ4n) is 3.67. The Morgan fingerprint density at radius 3 is 2.45 bits per heavy atom. The lowest BCUT2D eigenvalue weighted by molar-refractivity contribution is -0.124. The Hall–Kier alpha value is -3.02. The summed E-state index contributed by atoms with van der Waals surface area (Å²) in [4.78, 5) is 40.4.